The van der Waals surface area contributed by atoms with E-state index in [9.17, 15) is 14.7 Å². The number of carboxylic acid groups (broad SMARTS) is 1. The van der Waals surface area contributed by atoms with E-state index < -0.39 is 24.0 Å². The minimum absolute atomic E-state index is 0.0693. The van der Waals surface area contributed by atoms with Gasteiger partial charge in [0, 0.05) is 6.04 Å². The number of hydrogen-bond donors (Lipinski definition) is 2. The summed E-state index contributed by atoms with van der Waals surface area (Å²) in [7, 11) is 0. The molecule has 1 aliphatic carbocycles. The van der Waals surface area contributed by atoms with Crippen molar-refractivity contribution in [2.24, 2.45) is 5.92 Å². The van der Waals surface area contributed by atoms with Crippen molar-refractivity contribution in [2.75, 3.05) is 0 Å². The maximum absolute atomic E-state index is 12.0. The van der Waals surface area contributed by atoms with Gasteiger partial charge in [-0.15, -0.1) is 0 Å². The van der Waals surface area contributed by atoms with Crippen LogP contribution in [0.3, 0.4) is 0 Å². The number of rotatable bonds is 5. The molecule has 2 fully saturated rings. The van der Waals surface area contributed by atoms with E-state index in [2.05, 4.69) is 0 Å². The number of piperidine rings is 1. The van der Waals surface area contributed by atoms with E-state index in [1.807, 2.05) is 6.92 Å². The van der Waals surface area contributed by atoms with Gasteiger partial charge in [0.05, 0.1) is 0 Å². The van der Waals surface area contributed by atoms with Crippen LogP contribution in [0.1, 0.15) is 39.0 Å². The maximum atomic E-state index is 12.0. The number of amides is 1. The molecule has 17 heavy (non-hydrogen) atoms. The molecule has 1 saturated carbocycles. The fourth-order valence-corrected chi connectivity index (χ4v) is 2.69. The summed E-state index contributed by atoms with van der Waals surface area (Å²) in [6, 6.07) is -0.651. The topological polar surface area (TPSA) is 77.8 Å². The lowest BCUT2D eigenvalue weighted by molar-refractivity contribution is -0.153. The lowest BCUT2D eigenvalue weighted by Crippen LogP contribution is -2.47. The van der Waals surface area contributed by atoms with Crippen molar-refractivity contribution < 1.29 is 19.8 Å². The Morgan fingerprint density at radius 1 is 1.41 bits per heavy atom. The third-order valence-electron chi connectivity index (χ3n) is 3.76. The Kier molecular flexibility index (Phi) is 3.38. The molecule has 1 amide bonds. The third kappa shape index (κ3) is 2.29. The van der Waals surface area contributed by atoms with Gasteiger partial charge >= 0.3 is 5.97 Å². The molecule has 1 saturated heterocycles. The van der Waals surface area contributed by atoms with Crippen LogP contribution in [0.4, 0.5) is 0 Å². The van der Waals surface area contributed by atoms with E-state index in [0.717, 1.165) is 19.3 Å². The number of aliphatic hydroxyl groups is 1. The summed E-state index contributed by atoms with van der Waals surface area (Å²) < 4.78 is 0. The molecule has 2 N–H and O–H groups in total. The normalized spacial score (nSPS) is 32.1. The Bertz CT molecular complexity index is 330. The van der Waals surface area contributed by atoms with Crippen LogP contribution in [-0.2, 0) is 9.59 Å². The molecule has 0 radical (unpaired) electrons. The van der Waals surface area contributed by atoms with Crippen molar-refractivity contribution in [2.45, 2.75) is 57.2 Å². The molecule has 1 heterocycles. The third-order valence-corrected chi connectivity index (χ3v) is 3.76. The standard InChI is InChI=1S/C12H19NO4/c1-2-3-4-10(14)11(15)13-8-5-7(8)6-9(13)12(16)17/h7-10,14H,2-6H2,1H3,(H,16,17)/t7-,8-,9-,10?/m0/s1. The Hall–Kier alpha value is -1.10. The first-order valence-electron chi connectivity index (χ1n) is 6.29. The second kappa shape index (κ2) is 4.64. The maximum Gasteiger partial charge on any atom is 0.326 e. The van der Waals surface area contributed by atoms with Gasteiger partial charge in [-0.05, 0) is 25.2 Å². The molecule has 5 nitrogen and oxygen atoms in total. The zero-order chi connectivity index (χ0) is 12.6. The molecule has 2 aliphatic rings. The van der Waals surface area contributed by atoms with Crippen LogP contribution in [-0.4, -0.2) is 45.2 Å². The van der Waals surface area contributed by atoms with E-state index >= 15 is 0 Å². The van der Waals surface area contributed by atoms with Crippen LogP contribution in [0.25, 0.3) is 0 Å². The average Bonchev–Trinajstić information content (AvgIpc) is 2.96. The number of carbonyl (C=O) groups is 2. The second-order valence-corrected chi connectivity index (χ2v) is 5.06. The summed E-state index contributed by atoms with van der Waals surface area (Å²) in [5.74, 6) is -0.998. The van der Waals surface area contributed by atoms with Gasteiger partial charge in [0.1, 0.15) is 12.1 Å². The summed E-state index contributed by atoms with van der Waals surface area (Å²) in [6.45, 7) is 1.99. The lowest BCUT2D eigenvalue weighted by atomic mass is 10.1. The van der Waals surface area contributed by atoms with E-state index in [1.54, 1.807) is 0 Å². The molecule has 0 spiro atoms. The first kappa shape index (κ1) is 12.4. The number of hydrogen-bond acceptors (Lipinski definition) is 3. The number of unbranched alkanes of at least 4 members (excludes halogenated alkanes) is 1. The van der Waals surface area contributed by atoms with Gasteiger partial charge in [-0.3, -0.25) is 4.79 Å². The van der Waals surface area contributed by atoms with Gasteiger partial charge in [0.25, 0.3) is 5.91 Å². The quantitative estimate of drug-likeness (QED) is 0.739. The molecule has 4 atom stereocenters. The summed E-state index contributed by atoms with van der Waals surface area (Å²) >= 11 is 0. The first-order chi connectivity index (χ1) is 8.06. The summed E-state index contributed by atoms with van der Waals surface area (Å²) in [4.78, 5) is 24.5. The number of likely N-dealkylation sites (tertiary alicyclic amines) is 1. The molecule has 1 aliphatic heterocycles. The molecular weight excluding hydrogens is 222 g/mol. The first-order valence-corrected chi connectivity index (χ1v) is 6.29. The number of aliphatic carboxylic acids is 1. The molecule has 0 bridgehead atoms. The van der Waals surface area contributed by atoms with Crippen molar-refractivity contribution in [1.82, 2.24) is 4.90 Å². The Labute approximate surface area is 100 Å². The highest BCUT2D eigenvalue weighted by Crippen LogP contribution is 2.48. The molecule has 5 heteroatoms. The van der Waals surface area contributed by atoms with E-state index in [4.69, 9.17) is 5.11 Å². The SMILES string of the molecule is CCCCC(O)C(=O)N1[C@H](C(=O)O)C[C@@H]2C[C@@H]21. The highest BCUT2D eigenvalue weighted by atomic mass is 16.4. The van der Waals surface area contributed by atoms with Crippen LogP contribution in [0, 0.1) is 5.92 Å². The van der Waals surface area contributed by atoms with Crippen molar-refractivity contribution >= 4 is 11.9 Å². The molecule has 2 rings (SSSR count). The van der Waals surface area contributed by atoms with Crippen LogP contribution >= 0.6 is 0 Å². The van der Waals surface area contributed by atoms with E-state index in [1.165, 1.54) is 4.90 Å². The van der Waals surface area contributed by atoms with Crippen molar-refractivity contribution in [1.29, 1.82) is 0 Å². The minimum Gasteiger partial charge on any atom is -0.480 e. The number of carboxylic acids is 1. The zero-order valence-electron chi connectivity index (χ0n) is 10.0. The van der Waals surface area contributed by atoms with E-state index in [0.29, 0.717) is 18.8 Å². The number of nitrogens with zero attached hydrogens (tertiary/aromatic N) is 1. The lowest BCUT2D eigenvalue weighted by Gasteiger charge is -2.26. The number of carbonyl (C=O) groups excluding carboxylic acids is 1. The molecule has 0 aromatic carbocycles. The molecule has 0 aromatic heterocycles. The Morgan fingerprint density at radius 2 is 2.12 bits per heavy atom. The smallest absolute Gasteiger partial charge is 0.326 e. The molecule has 0 aromatic rings. The predicted molar refractivity (Wildman–Crippen MR) is 60.3 cm³/mol. The monoisotopic (exact) mass is 241 g/mol. The second-order valence-electron chi connectivity index (χ2n) is 5.06. The fourth-order valence-electron chi connectivity index (χ4n) is 2.69. The van der Waals surface area contributed by atoms with Crippen LogP contribution in [0.2, 0.25) is 0 Å². The number of aliphatic hydroxyl groups excluding tert-OH is 1. The highest BCUT2D eigenvalue weighted by molar-refractivity contribution is 5.87. The van der Waals surface area contributed by atoms with Gasteiger partial charge in [-0.1, -0.05) is 19.8 Å². The van der Waals surface area contributed by atoms with Crippen molar-refractivity contribution in [3.8, 4) is 0 Å². The van der Waals surface area contributed by atoms with Gasteiger partial charge in [-0.2, -0.15) is 0 Å². The van der Waals surface area contributed by atoms with Crippen LogP contribution in [0.5, 0.6) is 0 Å². The minimum atomic E-state index is -1.03. The summed E-state index contributed by atoms with van der Waals surface area (Å²) in [5.41, 5.74) is 0. The zero-order valence-corrected chi connectivity index (χ0v) is 10.0. The van der Waals surface area contributed by atoms with Crippen molar-refractivity contribution in [3.63, 3.8) is 0 Å². The van der Waals surface area contributed by atoms with Gasteiger partial charge < -0.3 is 15.1 Å². The summed E-state index contributed by atoms with van der Waals surface area (Å²) in [6.07, 6.45) is 2.54. The predicted octanol–water partition coefficient (Wildman–Crippen LogP) is 0.611. The number of fused-ring (bicyclic) bond motifs is 1. The van der Waals surface area contributed by atoms with Crippen LogP contribution < -0.4 is 0 Å². The Balaban J connectivity index is 1.99. The largest absolute Gasteiger partial charge is 0.480 e. The summed E-state index contributed by atoms with van der Waals surface area (Å²) in [5, 5.41) is 18.8. The van der Waals surface area contributed by atoms with Crippen LogP contribution in [0.15, 0.2) is 0 Å². The van der Waals surface area contributed by atoms with Crippen molar-refractivity contribution in [3.05, 3.63) is 0 Å². The average molecular weight is 241 g/mol. The van der Waals surface area contributed by atoms with Gasteiger partial charge in [-0.25, -0.2) is 4.79 Å². The van der Waals surface area contributed by atoms with Gasteiger partial charge in [0.2, 0.25) is 0 Å². The Morgan fingerprint density at radius 3 is 2.71 bits per heavy atom. The van der Waals surface area contributed by atoms with Gasteiger partial charge in [0.15, 0.2) is 0 Å². The molecular formula is C12H19NO4. The molecule has 1 unspecified atom stereocenters. The van der Waals surface area contributed by atoms with E-state index in [-0.39, 0.29) is 6.04 Å². The highest BCUT2D eigenvalue weighted by Gasteiger charge is 2.56. The fraction of sp³-hybridized carbons (Fsp3) is 0.833. The molecule has 96 valence electrons.